The highest BCUT2D eigenvalue weighted by atomic mass is 28.3. The van der Waals surface area contributed by atoms with Crippen molar-refractivity contribution in [1.29, 1.82) is 0 Å². The fourth-order valence-electron chi connectivity index (χ4n) is 6.55. The van der Waals surface area contributed by atoms with Gasteiger partial charge < -0.3 is 40.4 Å². The Labute approximate surface area is 350 Å². The molecule has 0 radical (unpaired) electrons. The van der Waals surface area contributed by atoms with Crippen molar-refractivity contribution in [2.24, 2.45) is 17.1 Å². The van der Waals surface area contributed by atoms with Crippen molar-refractivity contribution >= 4 is 40.0 Å². The van der Waals surface area contributed by atoms with Crippen molar-refractivity contribution in [1.82, 2.24) is 20.1 Å². The molecule has 0 aliphatic heterocycles. The second kappa shape index (κ2) is 21.7. The minimum Gasteiger partial charge on any atom is -0.464 e. The molecule has 326 valence electrons. The summed E-state index contributed by atoms with van der Waals surface area (Å²) in [5.41, 5.74) is 7.04. The fourth-order valence-corrected chi connectivity index (χ4v) is 7.98. The number of benzene rings is 2. The number of nitrogens with one attached hydrogen (secondary N) is 2. The Morgan fingerprint density at radius 3 is 2.12 bits per heavy atom. The standard InChI is InChI=1S/C43H65F2N5O7Si2/c1-43(2,3)40(37-22-32(34-23-33(44)15-16-35(34)45)28-49(37)26-30-13-11-10-12-14-30)50(39(53)29-51)27-31(25-47-42(55)57-18-20-59(7,8)9)21-38(52)48-36(24-46)41(54)56-17-19-58(4,5)6/h10-16,22-23,28,31,36,40,51H,17-21,24-27,29,46H2,1-9H3,(H,47,55)(H,48,52)/t31-,36?,40-/m0/s1. The van der Waals surface area contributed by atoms with E-state index in [0.29, 0.717) is 17.8 Å². The minimum absolute atomic E-state index is 0.0330. The molecule has 0 aliphatic carbocycles. The van der Waals surface area contributed by atoms with Crippen LogP contribution >= 0.6 is 0 Å². The van der Waals surface area contributed by atoms with E-state index in [-0.39, 0.29) is 44.8 Å². The Morgan fingerprint density at radius 2 is 1.54 bits per heavy atom. The Morgan fingerprint density at radius 1 is 0.915 bits per heavy atom. The molecule has 2 aromatic carbocycles. The van der Waals surface area contributed by atoms with Crippen LogP contribution in [0, 0.1) is 23.0 Å². The maximum absolute atomic E-state index is 15.3. The lowest BCUT2D eigenvalue weighted by Gasteiger charge is -2.42. The zero-order valence-electron chi connectivity index (χ0n) is 36.2. The predicted octanol–water partition coefficient (Wildman–Crippen LogP) is 6.79. The third-order valence-electron chi connectivity index (χ3n) is 9.73. The summed E-state index contributed by atoms with van der Waals surface area (Å²) in [6.45, 7) is 18.1. The monoisotopic (exact) mass is 857 g/mol. The quantitative estimate of drug-likeness (QED) is 0.0673. The number of hydrogen-bond acceptors (Lipinski definition) is 8. The lowest BCUT2D eigenvalue weighted by atomic mass is 9.82. The molecule has 0 fully saturated rings. The zero-order valence-corrected chi connectivity index (χ0v) is 38.2. The summed E-state index contributed by atoms with van der Waals surface area (Å²) in [4.78, 5) is 55.0. The van der Waals surface area contributed by atoms with E-state index in [9.17, 15) is 28.7 Å². The molecule has 5 N–H and O–H groups in total. The molecule has 59 heavy (non-hydrogen) atoms. The number of esters is 1. The molecule has 0 saturated heterocycles. The molecular weight excluding hydrogens is 793 g/mol. The van der Waals surface area contributed by atoms with Gasteiger partial charge >= 0.3 is 12.1 Å². The van der Waals surface area contributed by atoms with Crippen molar-refractivity contribution in [2.75, 3.05) is 39.5 Å². The average molecular weight is 858 g/mol. The summed E-state index contributed by atoms with van der Waals surface area (Å²) in [6, 6.07) is 14.0. The number of rotatable bonds is 21. The topological polar surface area (TPSA) is 165 Å². The molecule has 0 aliphatic rings. The van der Waals surface area contributed by atoms with Crippen molar-refractivity contribution < 1.29 is 42.5 Å². The Kier molecular flexibility index (Phi) is 18.1. The number of amides is 3. The molecule has 3 atom stereocenters. The van der Waals surface area contributed by atoms with E-state index in [1.54, 1.807) is 12.3 Å². The van der Waals surface area contributed by atoms with E-state index in [2.05, 4.69) is 49.9 Å². The number of hydrogen-bond donors (Lipinski definition) is 4. The predicted molar refractivity (Wildman–Crippen MR) is 232 cm³/mol. The van der Waals surface area contributed by atoms with Crippen LogP contribution in [-0.2, 0) is 30.4 Å². The van der Waals surface area contributed by atoms with Crippen LogP contribution in [0.1, 0.15) is 44.5 Å². The Bertz CT molecular complexity index is 1860. The number of carbonyl (C=O) groups excluding carboxylic acids is 4. The lowest BCUT2D eigenvalue weighted by molar-refractivity contribution is -0.147. The van der Waals surface area contributed by atoms with Gasteiger partial charge in [0.05, 0.1) is 19.3 Å². The maximum atomic E-state index is 15.3. The van der Waals surface area contributed by atoms with Gasteiger partial charge in [-0.1, -0.05) is 90.4 Å². The number of nitrogens with zero attached hydrogens (tertiary/aromatic N) is 2. The zero-order chi connectivity index (χ0) is 44.1. The van der Waals surface area contributed by atoms with Crippen molar-refractivity contribution in [3.63, 3.8) is 0 Å². The smallest absolute Gasteiger partial charge is 0.407 e. The van der Waals surface area contributed by atoms with Crippen molar-refractivity contribution in [2.45, 2.75) is 97.2 Å². The highest BCUT2D eigenvalue weighted by Gasteiger charge is 2.39. The highest BCUT2D eigenvalue weighted by molar-refractivity contribution is 6.76. The van der Waals surface area contributed by atoms with Gasteiger partial charge in [0.15, 0.2) is 0 Å². The molecule has 3 amide bonds. The second-order valence-corrected chi connectivity index (χ2v) is 29.8. The van der Waals surface area contributed by atoms with Crippen LogP contribution in [0.5, 0.6) is 0 Å². The normalized spacial score (nSPS) is 13.6. The first kappa shape index (κ1) is 49.0. The van der Waals surface area contributed by atoms with Gasteiger partial charge in [-0.25, -0.2) is 18.4 Å². The maximum Gasteiger partial charge on any atom is 0.407 e. The van der Waals surface area contributed by atoms with Gasteiger partial charge in [0, 0.05) is 77.7 Å². The Balaban J connectivity index is 2.06. The van der Waals surface area contributed by atoms with E-state index in [1.165, 1.54) is 4.90 Å². The molecule has 3 rings (SSSR count). The molecule has 12 nitrogen and oxygen atoms in total. The van der Waals surface area contributed by atoms with Crippen molar-refractivity contribution in [3.05, 3.63) is 83.7 Å². The van der Waals surface area contributed by atoms with Gasteiger partial charge in [0.2, 0.25) is 11.8 Å². The van der Waals surface area contributed by atoms with Gasteiger partial charge in [0.25, 0.3) is 0 Å². The SMILES string of the molecule is CC(C)(C)[C@H](c1cc(-c2cc(F)ccc2F)cn1Cc1ccccc1)N(C[C@H](CNC(=O)OCC[Si](C)(C)C)CC(=O)NC(CN)C(=O)OCC[Si](C)(C)C)C(=O)CO. The number of nitrogens with two attached hydrogens (primary N) is 1. The van der Waals surface area contributed by atoms with Gasteiger partial charge in [-0.3, -0.25) is 9.59 Å². The third kappa shape index (κ3) is 16.3. The first-order valence-corrected chi connectivity index (χ1v) is 27.6. The van der Waals surface area contributed by atoms with Gasteiger partial charge in [-0.15, -0.1) is 0 Å². The van der Waals surface area contributed by atoms with Crippen LogP contribution in [-0.4, -0.2) is 100 Å². The first-order chi connectivity index (χ1) is 27.5. The molecule has 0 spiro atoms. The second-order valence-electron chi connectivity index (χ2n) is 18.6. The highest BCUT2D eigenvalue weighted by Crippen LogP contribution is 2.41. The lowest BCUT2D eigenvalue weighted by Crippen LogP contribution is -2.50. The van der Waals surface area contributed by atoms with Crippen molar-refractivity contribution in [3.8, 4) is 11.1 Å². The van der Waals surface area contributed by atoms with Crippen LogP contribution in [0.2, 0.25) is 51.4 Å². The van der Waals surface area contributed by atoms with E-state index < -0.39 is 81.7 Å². The number of aliphatic hydroxyl groups is 1. The third-order valence-corrected chi connectivity index (χ3v) is 13.1. The largest absolute Gasteiger partial charge is 0.464 e. The van der Waals surface area contributed by atoms with Gasteiger partial charge in [0.1, 0.15) is 24.3 Å². The number of aliphatic hydroxyl groups excluding tert-OH is 1. The molecule has 16 heteroatoms. The molecule has 1 heterocycles. The summed E-state index contributed by atoms with van der Waals surface area (Å²) in [5, 5.41) is 15.8. The molecular formula is C43H65F2N5O7Si2. The summed E-state index contributed by atoms with van der Waals surface area (Å²) in [6.07, 6.45) is 0.759. The summed E-state index contributed by atoms with van der Waals surface area (Å²) in [5.74, 6) is -3.90. The van der Waals surface area contributed by atoms with E-state index in [4.69, 9.17) is 15.2 Å². The van der Waals surface area contributed by atoms with Crippen LogP contribution in [0.25, 0.3) is 11.1 Å². The van der Waals surface area contributed by atoms with E-state index in [0.717, 1.165) is 35.9 Å². The number of halogens is 2. The first-order valence-electron chi connectivity index (χ1n) is 20.2. The molecule has 0 bridgehead atoms. The van der Waals surface area contributed by atoms with Crippen LogP contribution < -0.4 is 16.4 Å². The van der Waals surface area contributed by atoms with Gasteiger partial charge in [-0.05, 0) is 47.3 Å². The van der Waals surface area contributed by atoms with Crippen LogP contribution in [0.4, 0.5) is 13.6 Å². The minimum atomic E-state index is -1.51. The number of aromatic nitrogens is 1. The van der Waals surface area contributed by atoms with Gasteiger partial charge in [-0.2, -0.15) is 0 Å². The summed E-state index contributed by atoms with van der Waals surface area (Å²) >= 11 is 0. The van der Waals surface area contributed by atoms with Crippen LogP contribution in [0.3, 0.4) is 0 Å². The number of carbonyl (C=O) groups is 4. The van der Waals surface area contributed by atoms with Crippen LogP contribution in [0.15, 0.2) is 60.8 Å². The Hall–Kier alpha value is -4.39. The molecule has 0 saturated carbocycles. The summed E-state index contributed by atoms with van der Waals surface area (Å²) < 4.78 is 42.5. The van der Waals surface area contributed by atoms with E-state index >= 15 is 4.39 Å². The fraction of sp³-hybridized carbons (Fsp3) is 0.535. The number of alkyl carbamates (subject to hydrolysis) is 1. The molecule has 3 aromatic rings. The molecule has 1 unspecified atom stereocenters. The summed E-state index contributed by atoms with van der Waals surface area (Å²) in [7, 11) is -3.01. The number of ether oxygens (including phenoxy) is 2. The van der Waals surface area contributed by atoms with E-state index in [1.807, 2.05) is 55.7 Å². The average Bonchev–Trinajstić information content (AvgIpc) is 3.53. The molecule has 1 aromatic heterocycles.